The number of ketones is 1. The molecule has 1 heterocycles. The van der Waals surface area contributed by atoms with Gasteiger partial charge in [0.25, 0.3) is 0 Å². The van der Waals surface area contributed by atoms with E-state index in [0.717, 1.165) is 18.5 Å². The number of benzene rings is 1. The Labute approximate surface area is 113 Å². The molecule has 0 aliphatic rings. The van der Waals surface area contributed by atoms with E-state index >= 15 is 0 Å². The molecule has 20 heavy (non-hydrogen) atoms. The third-order valence-corrected chi connectivity index (χ3v) is 2.54. The van der Waals surface area contributed by atoms with Crippen LogP contribution in [0.2, 0.25) is 0 Å². The molecular formula is C14H10F3NO2. The fourth-order valence-electron chi connectivity index (χ4n) is 1.61. The molecule has 0 fully saturated rings. The van der Waals surface area contributed by atoms with Gasteiger partial charge in [-0.1, -0.05) is 18.2 Å². The molecule has 2 aromatic rings. The molecule has 0 aliphatic carbocycles. The van der Waals surface area contributed by atoms with E-state index in [1.54, 1.807) is 30.3 Å². The van der Waals surface area contributed by atoms with Crippen LogP contribution in [0.5, 0.6) is 5.75 Å². The second kappa shape index (κ2) is 5.73. The van der Waals surface area contributed by atoms with Crippen molar-refractivity contribution in [2.75, 3.05) is 6.61 Å². The first-order valence-corrected chi connectivity index (χ1v) is 5.71. The zero-order valence-corrected chi connectivity index (χ0v) is 10.2. The average molecular weight is 281 g/mol. The largest absolute Gasteiger partial charge is 0.485 e. The number of hydrogen-bond acceptors (Lipinski definition) is 3. The number of nitrogens with zero attached hydrogens (tertiary/aromatic N) is 1. The third kappa shape index (κ3) is 3.34. The molecule has 1 aromatic heterocycles. The number of halogens is 3. The van der Waals surface area contributed by atoms with Crippen LogP contribution in [0.4, 0.5) is 13.2 Å². The van der Waals surface area contributed by atoms with Crippen molar-refractivity contribution in [1.82, 2.24) is 4.98 Å². The maximum absolute atomic E-state index is 12.8. The van der Waals surface area contributed by atoms with Crippen LogP contribution in [0.1, 0.15) is 15.9 Å². The molecule has 6 heteroatoms. The average Bonchev–Trinajstić information content (AvgIpc) is 2.45. The first-order valence-electron chi connectivity index (χ1n) is 5.71. The van der Waals surface area contributed by atoms with Gasteiger partial charge in [0.1, 0.15) is 5.75 Å². The lowest BCUT2D eigenvalue weighted by atomic mass is 10.1. The molecule has 0 spiro atoms. The number of Topliss-reactive ketones (excluding diaryl/α,β-unsaturated/α-hetero) is 1. The fourth-order valence-corrected chi connectivity index (χ4v) is 1.61. The monoisotopic (exact) mass is 281 g/mol. The van der Waals surface area contributed by atoms with Crippen LogP contribution in [0.25, 0.3) is 0 Å². The first-order chi connectivity index (χ1) is 9.48. The Kier molecular flexibility index (Phi) is 4.02. The molecule has 0 radical (unpaired) electrons. The van der Waals surface area contributed by atoms with Crippen LogP contribution >= 0.6 is 0 Å². The number of ether oxygens (including phenoxy) is 1. The van der Waals surface area contributed by atoms with Crippen molar-refractivity contribution in [2.24, 2.45) is 0 Å². The SMILES string of the molecule is O=C(COc1ccccc1)c1cnccc1C(F)(F)F. The van der Waals surface area contributed by atoms with Gasteiger partial charge in [-0.05, 0) is 18.2 Å². The van der Waals surface area contributed by atoms with E-state index < -0.39 is 29.7 Å². The summed E-state index contributed by atoms with van der Waals surface area (Å²) >= 11 is 0. The van der Waals surface area contributed by atoms with Gasteiger partial charge in [0, 0.05) is 12.4 Å². The molecule has 1 aromatic carbocycles. The van der Waals surface area contributed by atoms with Crippen molar-refractivity contribution in [2.45, 2.75) is 6.18 Å². The summed E-state index contributed by atoms with van der Waals surface area (Å²) in [5.74, 6) is -0.354. The predicted octanol–water partition coefficient (Wildman–Crippen LogP) is 3.36. The normalized spacial score (nSPS) is 11.2. The Morgan fingerprint density at radius 1 is 1.15 bits per heavy atom. The van der Waals surface area contributed by atoms with Crippen molar-refractivity contribution in [3.63, 3.8) is 0 Å². The number of carbonyl (C=O) groups excluding carboxylic acids is 1. The van der Waals surface area contributed by atoms with E-state index in [4.69, 9.17) is 4.74 Å². The van der Waals surface area contributed by atoms with Gasteiger partial charge >= 0.3 is 6.18 Å². The van der Waals surface area contributed by atoms with Gasteiger partial charge in [-0.2, -0.15) is 13.2 Å². The highest BCUT2D eigenvalue weighted by atomic mass is 19.4. The van der Waals surface area contributed by atoms with Gasteiger partial charge < -0.3 is 4.74 Å². The maximum atomic E-state index is 12.8. The van der Waals surface area contributed by atoms with Gasteiger partial charge in [-0.25, -0.2) is 0 Å². The van der Waals surface area contributed by atoms with E-state index in [-0.39, 0.29) is 0 Å². The Bertz CT molecular complexity index is 597. The van der Waals surface area contributed by atoms with E-state index in [2.05, 4.69) is 4.98 Å². The number of para-hydroxylation sites is 1. The van der Waals surface area contributed by atoms with Crippen LogP contribution in [0, 0.1) is 0 Å². The van der Waals surface area contributed by atoms with Crippen molar-refractivity contribution in [1.29, 1.82) is 0 Å². The number of hydrogen-bond donors (Lipinski definition) is 0. The third-order valence-electron chi connectivity index (χ3n) is 2.54. The summed E-state index contributed by atoms with van der Waals surface area (Å²) in [4.78, 5) is 15.4. The van der Waals surface area contributed by atoms with Crippen LogP contribution in [0.15, 0.2) is 48.8 Å². The lowest BCUT2D eigenvalue weighted by molar-refractivity contribution is -0.138. The van der Waals surface area contributed by atoms with Crippen molar-refractivity contribution < 1.29 is 22.7 Å². The van der Waals surface area contributed by atoms with E-state index in [9.17, 15) is 18.0 Å². The van der Waals surface area contributed by atoms with Gasteiger partial charge in [0.15, 0.2) is 6.61 Å². The molecule has 2 rings (SSSR count). The fraction of sp³-hybridized carbons (Fsp3) is 0.143. The smallest absolute Gasteiger partial charge is 0.417 e. The van der Waals surface area contributed by atoms with Crippen LogP contribution in [0.3, 0.4) is 0 Å². The molecule has 0 atom stereocenters. The second-order valence-corrected chi connectivity index (χ2v) is 3.94. The van der Waals surface area contributed by atoms with Crippen LogP contribution in [-0.2, 0) is 6.18 Å². The zero-order chi connectivity index (χ0) is 14.6. The Balaban J connectivity index is 2.14. The Morgan fingerprint density at radius 2 is 1.85 bits per heavy atom. The lowest BCUT2D eigenvalue weighted by Crippen LogP contribution is -2.18. The summed E-state index contributed by atoms with van der Waals surface area (Å²) in [6.07, 6.45) is -2.70. The minimum Gasteiger partial charge on any atom is -0.485 e. The predicted molar refractivity (Wildman–Crippen MR) is 65.5 cm³/mol. The molecule has 0 saturated carbocycles. The summed E-state index contributed by atoms with van der Waals surface area (Å²) in [5, 5.41) is 0. The van der Waals surface area contributed by atoms with E-state index in [0.29, 0.717) is 5.75 Å². The highest BCUT2D eigenvalue weighted by Gasteiger charge is 2.35. The maximum Gasteiger partial charge on any atom is 0.417 e. The number of carbonyl (C=O) groups is 1. The van der Waals surface area contributed by atoms with E-state index in [1.807, 2.05) is 0 Å². The van der Waals surface area contributed by atoms with Gasteiger partial charge in [0.2, 0.25) is 5.78 Å². The van der Waals surface area contributed by atoms with Gasteiger partial charge in [0.05, 0.1) is 11.1 Å². The van der Waals surface area contributed by atoms with Crippen molar-refractivity contribution in [3.8, 4) is 5.75 Å². The topological polar surface area (TPSA) is 39.2 Å². The molecule has 0 N–H and O–H groups in total. The lowest BCUT2D eigenvalue weighted by Gasteiger charge is -2.11. The molecule has 0 aliphatic heterocycles. The van der Waals surface area contributed by atoms with Gasteiger partial charge in [-0.15, -0.1) is 0 Å². The Morgan fingerprint density at radius 3 is 2.50 bits per heavy atom. The molecule has 0 amide bonds. The molecule has 0 bridgehead atoms. The number of rotatable bonds is 4. The molecule has 0 unspecified atom stereocenters. The summed E-state index contributed by atoms with van der Waals surface area (Å²) in [7, 11) is 0. The summed E-state index contributed by atoms with van der Waals surface area (Å²) < 4.78 is 43.4. The number of alkyl halides is 3. The number of aromatic nitrogens is 1. The summed E-state index contributed by atoms with van der Waals surface area (Å²) in [6.45, 7) is -0.473. The summed E-state index contributed by atoms with van der Waals surface area (Å²) in [6, 6.07) is 9.16. The van der Waals surface area contributed by atoms with Crippen molar-refractivity contribution >= 4 is 5.78 Å². The summed E-state index contributed by atoms with van der Waals surface area (Å²) in [5.41, 5.74) is -1.50. The van der Waals surface area contributed by atoms with Crippen molar-refractivity contribution in [3.05, 3.63) is 59.9 Å². The molecular weight excluding hydrogens is 271 g/mol. The molecule has 0 saturated heterocycles. The molecule has 3 nitrogen and oxygen atoms in total. The van der Waals surface area contributed by atoms with Gasteiger partial charge in [-0.3, -0.25) is 9.78 Å². The minimum absolute atomic E-state index is 0.415. The van der Waals surface area contributed by atoms with Crippen LogP contribution < -0.4 is 4.74 Å². The Hall–Kier alpha value is -2.37. The first kappa shape index (κ1) is 14.0. The number of pyridine rings is 1. The standard InChI is InChI=1S/C14H10F3NO2/c15-14(16,17)12-6-7-18-8-11(12)13(19)9-20-10-4-2-1-3-5-10/h1-8H,9H2. The minimum atomic E-state index is -4.60. The van der Waals surface area contributed by atoms with E-state index in [1.165, 1.54) is 0 Å². The highest BCUT2D eigenvalue weighted by Crippen LogP contribution is 2.31. The zero-order valence-electron chi connectivity index (χ0n) is 10.2. The van der Waals surface area contributed by atoms with Crippen LogP contribution in [-0.4, -0.2) is 17.4 Å². The quantitative estimate of drug-likeness (QED) is 0.807. The highest BCUT2D eigenvalue weighted by molar-refractivity contribution is 5.98. The second-order valence-electron chi connectivity index (χ2n) is 3.94. The molecule has 104 valence electrons.